The molecule has 0 atom stereocenters. The lowest BCUT2D eigenvalue weighted by molar-refractivity contribution is 0.0515. The summed E-state index contributed by atoms with van der Waals surface area (Å²) in [5.74, 6) is -1.18. The number of carboxylic acid groups (broad SMARTS) is 1. The van der Waals surface area contributed by atoms with Crippen LogP contribution in [0.3, 0.4) is 0 Å². The van der Waals surface area contributed by atoms with Gasteiger partial charge >= 0.3 is 11.9 Å². The number of hydrogen-bond acceptors (Lipinski definition) is 5. The van der Waals surface area contributed by atoms with Crippen molar-refractivity contribution >= 4 is 23.3 Å². The summed E-state index contributed by atoms with van der Waals surface area (Å²) >= 11 is 0. The second-order valence-corrected chi connectivity index (χ2v) is 4.61. The number of benzene rings is 2. The summed E-state index contributed by atoms with van der Waals surface area (Å²) in [5.41, 5.74) is 0.877. The highest BCUT2D eigenvalue weighted by Crippen LogP contribution is 2.26. The fourth-order valence-electron chi connectivity index (χ4n) is 2.10. The third-order valence-corrected chi connectivity index (χ3v) is 3.14. The Balaban J connectivity index is 2.39. The molecule has 6 heteroatoms. The van der Waals surface area contributed by atoms with Crippen molar-refractivity contribution < 1.29 is 24.2 Å². The van der Waals surface area contributed by atoms with Crippen molar-refractivity contribution in [2.24, 2.45) is 0 Å². The molecule has 6 nitrogen and oxygen atoms in total. The summed E-state index contributed by atoms with van der Waals surface area (Å²) in [6.07, 6.45) is 0. The Morgan fingerprint density at radius 3 is 2.39 bits per heavy atom. The summed E-state index contributed by atoms with van der Waals surface area (Å²) < 4.78 is 9.98. The van der Waals surface area contributed by atoms with Gasteiger partial charge in [-0.05, 0) is 43.3 Å². The number of ether oxygens (including phenoxy) is 2. The van der Waals surface area contributed by atoms with Crippen LogP contribution in [-0.2, 0) is 4.74 Å². The first-order valence-electron chi connectivity index (χ1n) is 7.01. The Hall–Kier alpha value is -3.02. The number of anilines is 2. The van der Waals surface area contributed by atoms with Crippen molar-refractivity contribution in [2.75, 3.05) is 19.0 Å². The number of carbonyl (C=O) groups excluding carboxylic acids is 1. The van der Waals surface area contributed by atoms with E-state index in [0.717, 1.165) is 0 Å². The molecule has 0 aliphatic rings. The van der Waals surface area contributed by atoms with E-state index in [1.165, 1.54) is 6.07 Å². The molecule has 120 valence electrons. The van der Waals surface area contributed by atoms with Crippen LogP contribution in [0.4, 0.5) is 11.4 Å². The molecule has 0 bridgehead atoms. The molecule has 0 unspecified atom stereocenters. The standard InChI is InChI=1S/C17H17NO5/c1-3-23-17(21)13-5-4-6-14(15(13)16(19)20)18-11-7-9-12(22-2)10-8-11/h4-10,18H,3H2,1-2H3,(H,19,20). The molecular formula is C17H17NO5. The molecule has 0 aromatic heterocycles. The second-order valence-electron chi connectivity index (χ2n) is 4.61. The number of carboxylic acids is 1. The molecule has 2 aromatic rings. The number of methoxy groups -OCH3 is 1. The maximum Gasteiger partial charge on any atom is 0.339 e. The van der Waals surface area contributed by atoms with Crippen molar-refractivity contribution in [2.45, 2.75) is 6.92 Å². The van der Waals surface area contributed by atoms with Gasteiger partial charge in [0.25, 0.3) is 0 Å². The Morgan fingerprint density at radius 2 is 1.83 bits per heavy atom. The van der Waals surface area contributed by atoms with Gasteiger partial charge in [-0.2, -0.15) is 0 Å². The summed E-state index contributed by atoms with van der Waals surface area (Å²) in [6, 6.07) is 11.6. The summed E-state index contributed by atoms with van der Waals surface area (Å²) in [6.45, 7) is 1.84. The van der Waals surface area contributed by atoms with Crippen molar-refractivity contribution in [1.29, 1.82) is 0 Å². The highest BCUT2D eigenvalue weighted by atomic mass is 16.5. The van der Waals surface area contributed by atoms with Crippen LogP contribution >= 0.6 is 0 Å². The van der Waals surface area contributed by atoms with Crippen molar-refractivity contribution in [3.8, 4) is 5.75 Å². The quantitative estimate of drug-likeness (QED) is 0.796. The first-order valence-corrected chi connectivity index (χ1v) is 7.01. The molecule has 2 N–H and O–H groups in total. The zero-order chi connectivity index (χ0) is 16.8. The molecule has 0 fully saturated rings. The summed E-state index contributed by atoms with van der Waals surface area (Å²) in [4.78, 5) is 23.5. The Labute approximate surface area is 133 Å². The molecule has 0 saturated carbocycles. The molecule has 2 rings (SSSR count). The molecule has 0 aliphatic carbocycles. The molecule has 0 saturated heterocycles. The predicted octanol–water partition coefficient (Wildman–Crippen LogP) is 3.31. The van der Waals surface area contributed by atoms with E-state index in [1.54, 1.807) is 50.4 Å². The number of carbonyl (C=O) groups is 2. The number of nitrogens with one attached hydrogen (secondary N) is 1. The lowest BCUT2D eigenvalue weighted by atomic mass is 10.0. The van der Waals surface area contributed by atoms with E-state index in [4.69, 9.17) is 9.47 Å². The van der Waals surface area contributed by atoms with Crippen LogP contribution in [0.15, 0.2) is 42.5 Å². The lowest BCUT2D eigenvalue weighted by Gasteiger charge is -2.13. The third-order valence-electron chi connectivity index (χ3n) is 3.14. The summed E-state index contributed by atoms with van der Waals surface area (Å²) in [7, 11) is 1.56. The predicted molar refractivity (Wildman–Crippen MR) is 85.6 cm³/mol. The zero-order valence-electron chi connectivity index (χ0n) is 12.8. The van der Waals surface area contributed by atoms with Crippen LogP contribution < -0.4 is 10.1 Å². The van der Waals surface area contributed by atoms with Gasteiger partial charge in [-0.15, -0.1) is 0 Å². The average Bonchev–Trinajstić information content (AvgIpc) is 2.55. The minimum atomic E-state index is -1.20. The van der Waals surface area contributed by atoms with Gasteiger partial charge in [0.15, 0.2) is 0 Å². The van der Waals surface area contributed by atoms with Gasteiger partial charge in [0.05, 0.1) is 30.5 Å². The fraction of sp³-hybridized carbons (Fsp3) is 0.176. The lowest BCUT2D eigenvalue weighted by Crippen LogP contribution is -2.13. The molecule has 2 aromatic carbocycles. The van der Waals surface area contributed by atoms with E-state index in [9.17, 15) is 14.7 Å². The smallest absolute Gasteiger partial charge is 0.339 e. The molecule has 0 heterocycles. The first-order chi connectivity index (χ1) is 11.1. The van der Waals surface area contributed by atoms with Crippen LogP contribution in [0.5, 0.6) is 5.75 Å². The molecule has 0 radical (unpaired) electrons. The third kappa shape index (κ3) is 3.79. The van der Waals surface area contributed by atoms with E-state index in [0.29, 0.717) is 17.1 Å². The van der Waals surface area contributed by atoms with E-state index in [-0.39, 0.29) is 17.7 Å². The molecule has 0 aliphatic heterocycles. The minimum Gasteiger partial charge on any atom is -0.497 e. The number of esters is 1. The van der Waals surface area contributed by atoms with Crippen LogP contribution in [0.25, 0.3) is 0 Å². The van der Waals surface area contributed by atoms with Gasteiger partial charge in [-0.25, -0.2) is 9.59 Å². The first kappa shape index (κ1) is 16.4. The Bertz CT molecular complexity index is 709. The average molecular weight is 315 g/mol. The van der Waals surface area contributed by atoms with E-state index < -0.39 is 11.9 Å². The van der Waals surface area contributed by atoms with E-state index >= 15 is 0 Å². The van der Waals surface area contributed by atoms with Crippen LogP contribution in [0.1, 0.15) is 27.6 Å². The van der Waals surface area contributed by atoms with Crippen molar-refractivity contribution in [3.05, 3.63) is 53.6 Å². The van der Waals surface area contributed by atoms with Gasteiger partial charge in [0.1, 0.15) is 5.75 Å². The minimum absolute atomic E-state index is 0.0119. The largest absolute Gasteiger partial charge is 0.497 e. The topological polar surface area (TPSA) is 84.9 Å². The normalized spacial score (nSPS) is 10.0. The maximum absolute atomic E-state index is 11.9. The number of hydrogen-bond donors (Lipinski definition) is 2. The SMILES string of the molecule is CCOC(=O)c1cccc(Nc2ccc(OC)cc2)c1C(=O)O. The van der Waals surface area contributed by atoms with E-state index in [2.05, 4.69) is 5.32 Å². The van der Waals surface area contributed by atoms with E-state index in [1.807, 2.05) is 0 Å². The maximum atomic E-state index is 11.9. The highest BCUT2D eigenvalue weighted by Gasteiger charge is 2.21. The fourth-order valence-corrected chi connectivity index (χ4v) is 2.10. The molecule has 0 amide bonds. The van der Waals surface area contributed by atoms with Crippen LogP contribution in [-0.4, -0.2) is 30.8 Å². The number of aromatic carboxylic acids is 1. The van der Waals surface area contributed by atoms with Gasteiger partial charge < -0.3 is 19.9 Å². The van der Waals surface area contributed by atoms with Gasteiger partial charge in [-0.3, -0.25) is 0 Å². The van der Waals surface area contributed by atoms with Crippen LogP contribution in [0.2, 0.25) is 0 Å². The molecule has 23 heavy (non-hydrogen) atoms. The van der Waals surface area contributed by atoms with Gasteiger partial charge in [0.2, 0.25) is 0 Å². The monoisotopic (exact) mass is 315 g/mol. The van der Waals surface area contributed by atoms with Crippen molar-refractivity contribution in [1.82, 2.24) is 0 Å². The molecular weight excluding hydrogens is 298 g/mol. The molecule has 0 spiro atoms. The highest BCUT2D eigenvalue weighted by molar-refractivity contribution is 6.06. The van der Waals surface area contributed by atoms with Crippen molar-refractivity contribution in [3.63, 3.8) is 0 Å². The second kappa shape index (κ2) is 7.31. The number of rotatable bonds is 6. The van der Waals surface area contributed by atoms with Gasteiger partial charge in [0, 0.05) is 5.69 Å². The van der Waals surface area contributed by atoms with Crippen LogP contribution in [0, 0.1) is 0 Å². The Kier molecular flexibility index (Phi) is 5.19. The van der Waals surface area contributed by atoms with Gasteiger partial charge in [-0.1, -0.05) is 6.07 Å². The Morgan fingerprint density at radius 1 is 1.13 bits per heavy atom. The zero-order valence-corrected chi connectivity index (χ0v) is 12.8. The summed E-state index contributed by atoms with van der Waals surface area (Å²) in [5, 5.41) is 12.5.